The summed E-state index contributed by atoms with van der Waals surface area (Å²) in [5.74, 6) is -0.0665. The number of sulfone groups is 1. The van der Waals surface area contributed by atoms with E-state index in [1.807, 2.05) is 0 Å². The van der Waals surface area contributed by atoms with Gasteiger partial charge < -0.3 is 15.2 Å². The molecule has 0 saturated carbocycles. The van der Waals surface area contributed by atoms with Crippen molar-refractivity contribution in [2.24, 2.45) is 5.41 Å². The molecule has 2 N–H and O–H groups in total. The predicted octanol–water partition coefficient (Wildman–Crippen LogP) is -1.23. The Morgan fingerprint density at radius 2 is 2.13 bits per heavy atom. The van der Waals surface area contributed by atoms with Gasteiger partial charge in [0.05, 0.1) is 30.8 Å². The molecular formula is C9H17NO4S. The Labute approximate surface area is 89.7 Å². The fraction of sp³-hybridized carbons (Fsp3) is 1.00. The van der Waals surface area contributed by atoms with E-state index >= 15 is 0 Å². The van der Waals surface area contributed by atoms with Crippen LogP contribution in [0.1, 0.15) is 6.92 Å². The summed E-state index contributed by atoms with van der Waals surface area (Å²) in [6, 6.07) is -0.313. The molecule has 0 bridgehead atoms. The van der Waals surface area contributed by atoms with E-state index in [0.717, 1.165) is 0 Å². The SMILES string of the molecule is CC1(CNC2CS(=O)(=O)CC2O)COC1. The summed E-state index contributed by atoms with van der Waals surface area (Å²) in [5.41, 5.74) is 0.103. The highest BCUT2D eigenvalue weighted by molar-refractivity contribution is 7.91. The zero-order chi connectivity index (χ0) is 11.1. The summed E-state index contributed by atoms with van der Waals surface area (Å²) < 4.78 is 27.6. The smallest absolute Gasteiger partial charge is 0.154 e. The molecule has 2 aliphatic rings. The van der Waals surface area contributed by atoms with Gasteiger partial charge >= 0.3 is 0 Å². The maximum atomic E-state index is 11.2. The van der Waals surface area contributed by atoms with Gasteiger partial charge in [0.25, 0.3) is 0 Å². The molecule has 6 heteroatoms. The van der Waals surface area contributed by atoms with Crippen molar-refractivity contribution in [3.8, 4) is 0 Å². The van der Waals surface area contributed by atoms with Crippen LogP contribution in [0.4, 0.5) is 0 Å². The van der Waals surface area contributed by atoms with Crippen LogP contribution in [-0.2, 0) is 14.6 Å². The van der Waals surface area contributed by atoms with Crippen LogP contribution in [0, 0.1) is 5.41 Å². The van der Waals surface area contributed by atoms with Crippen molar-refractivity contribution in [3.63, 3.8) is 0 Å². The molecule has 2 atom stereocenters. The lowest BCUT2D eigenvalue weighted by Gasteiger charge is -2.39. The van der Waals surface area contributed by atoms with Crippen LogP contribution in [0.3, 0.4) is 0 Å². The van der Waals surface area contributed by atoms with E-state index in [4.69, 9.17) is 4.74 Å². The van der Waals surface area contributed by atoms with Crippen LogP contribution in [-0.4, -0.2) is 56.9 Å². The second kappa shape index (κ2) is 3.69. The van der Waals surface area contributed by atoms with Crippen LogP contribution < -0.4 is 5.32 Å². The van der Waals surface area contributed by atoms with Gasteiger partial charge in [0.1, 0.15) is 0 Å². The number of hydrogen-bond acceptors (Lipinski definition) is 5. The van der Waals surface area contributed by atoms with Gasteiger partial charge in [-0.15, -0.1) is 0 Å². The van der Waals surface area contributed by atoms with Gasteiger partial charge in [0.2, 0.25) is 0 Å². The van der Waals surface area contributed by atoms with Crippen LogP contribution in [0.25, 0.3) is 0 Å². The first-order valence-electron chi connectivity index (χ1n) is 5.10. The number of ether oxygens (including phenoxy) is 1. The third-order valence-corrected chi connectivity index (χ3v) is 4.73. The minimum absolute atomic E-state index is 0.0467. The lowest BCUT2D eigenvalue weighted by atomic mass is 9.88. The van der Waals surface area contributed by atoms with Crippen molar-refractivity contribution in [2.75, 3.05) is 31.3 Å². The first-order valence-corrected chi connectivity index (χ1v) is 6.92. The largest absolute Gasteiger partial charge is 0.390 e. The van der Waals surface area contributed by atoms with Gasteiger partial charge in [-0.1, -0.05) is 6.92 Å². The molecule has 2 fully saturated rings. The molecule has 2 heterocycles. The number of aliphatic hydroxyl groups excluding tert-OH is 1. The lowest BCUT2D eigenvalue weighted by molar-refractivity contribution is -0.101. The Balaban J connectivity index is 1.85. The summed E-state index contributed by atoms with van der Waals surface area (Å²) in [6.07, 6.45) is -0.764. The predicted molar refractivity (Wildman–Crippen MR) is 55.4 cm³/mol. The average Bonchev–Trinajstić information content (AvgIpc) is 2.33. The van der Waals surface area contributed by atoms with Crippen molar-refractivity contribution in [1.82, 2.24) is 5.32 Å². The first kappa shape index (κ1) is 11.3. The Morgan fingerprint density at radius 1 is 1.47 bits per heavy atom. The molecule has 0 aliphatic carbocycles. The number of rotatable bonds is 3. The number of nitrogens with one attached hydrogen (secondary N) is 1. The highest BCUT2D eigenvalue weighted by Gasteiger charge is 2.39. The summed E-state index contributed by atoms with van der Waals surface area (Å²) in [6.45, 7) is 4.19. The van der Waals surface area contributed by atoms with Gasteiger partial charge in [-0.2, -0.15) is 0 Å². The fourth-order valence-electron chi connectivity index (χ4n) is 1.95. The van der Waals surface area contributed by atoms with E-state index in [1.165, 1.54) is 0 Å². The summed E-state index contributed by atoms with van der Waals surface area (Å²) in [4.78, 5) is 0. The summed E-state index contributed by atoms with van der Waals surface area (Å²) >= 11 is 0. The Bertz CT molecular complexity index is 336. The van der Waals surface area contributed by atoms with Gasteiger partial charge in [-0.25, -0.2) is 8.42 Å². The molecule has 2 aliphatic heterocycles. The van der Waals surface area contributed by atoms with E-state index in [9.17, 15) is 13.5 Å². The minimum Gasteiger partial charge on any atom is -0.390 e. The van der Waals surface area contributed by atoms with Crippen LogP contribution in [0.2, 0.25) is 0 Å². The molecule has 0 radical (unpaired) electrons. The van der Waals surface area contributed by atoms with Crippen molar-refractivity contribution in [2.45, 2.75) is 19.1 Å². The zero-order valence-electron chi connectivity index (χ0n) is 8.77. The molecule has 0 aromatic rings. The molecule has 0 spiro atoms. The van der Waals surface area contributed by atoms with Crippen molar-refractivity contribution in [3.05, 3.63) is 0 Å². The molecule has 0 aromatic heterocycles. The van der Waals surface area contributed by atoms with E-state index in [1.54, 1.807) is 0 Å². The Morgan fingerprint density at radius 3 is 2.53 bits per heavy atom. The summed E-state index contributed by atoms with van der Waals surface area (Å²) in [7, 11) is -3.04. The van der Waals surface area contributed by atoms with E-state index in [0.29, 0.717) is 19.8 Å². The summed E-state index contributed by atoms with van der Waals surface area (Å²) in [5, 5.41) is 12.7. The molecule has 2 rings (SSSR count). The third kappa shape index (κ3) is 2.50. The molecule has 88 valence electrons. The maximum absolute atomic E-state index is 11.2. The Hall–Kier alpha value is -0.170. The Kier molecular flexibility index (Phi) is 2.79. The number of hydrogen-bond donors (Lipinski definition) is 2. The van der Waals surface area contributed by atoms with Gasteiger partial charge in [-0.05, 0) is 0 Å². The lowest BCUT2D eigenvalue weighted by Crippen LogP contribution is -2.51. The van der Waals surface area contributed by atoms with Crippen molar-refractivity contribution >= 4 is 9.84 Å². The molecule has 5 nitrogen and oxygen atoms in total. The minimum atomic E-state index is -3.04. The quantitative estimate of drug-likeness (QED) is 0.640. The molecule has 2 unspecified atom stereocenters. The highest BCUT2D eigenvalue weighted by atomic mass is 32.2. The molecule has 0 amide bonds. The average molecular weight is 235 g/mol. The second-order valence-corrected chi connectivity index (χ2v) is 7.09. The van der Waals surface area contributed by atoms with Crippen LogP contribution in [0.15, 0.2) is 0 Å². The zero-order valence-corrected chi connectivity index (χ0v) is 9.59. The monoisotopic (exact) mass is 235 g/mol. The first-order chi connectivity index (χ1) is 6.90. The van der Waals surface area contributed by atoms with E-state index in [2.05, 4.69) is 12.2 Å². The van der Waals surface area contributed by atoms with Crippen LogP contribution >= 0.6 is 0 Å². The topological polar surface area (TPSA) is 75.6 Å². The van der Waals surface area contributed by atoms with Gasteiger partial charge in [0.15, 0.2) is 9.84 Å². The van der Waals surface area contributed by atoms with E-state index < -0.39 is 15.9 Å². The normalized spacial score (nSPS) is 37.5. The molecule has 2 saturated heterocycles. The maximum Gasteiger partial charge on any atom is 0.154 e. The van der Waals surface area contributed by atoms with E-state index in [-0.39, 0.29) is 23.0 Å². The van der Waals surface area contributed by atoms with Gasteiger partial charge in [-0.3, -0.25) is 0 Å². The van der Waals surface area contributed by atoms with Crippen LogP contribution in [0.5, 0.6) is 0 Å². The standard InChI is InChI=1S/C9H17NO4S/c1-9(5-14-6-9)4-10-7-2-15(12,13)3-8(7)11/h7-8,10-11H,2-6H2,1H3. The fourth-order valence-corrected chi connectivity index (χ4v) is 3.73. The highest BCUT2D eigenvalue weighted by Crippen LogP contribution is 2.26. The van der Waals surface area contributed by atoms with Crippen molar-refractivity contribution in [1.29, 1.82) is 0 Å². The van der Waals surface area contributed by atoms with Gasteiger partial charge in [0, 0.05) is 18.0 Å². The second-order valence-electron chi connectivity index (χ2n) is 4.94. The molecule has 15 heavy (non-hydrogen) atoms. The van der Waals surface area contributed by atoms with Crippen molar-refractivity contribution < 1.29 is 18.3 Å². The molecule has 0 aromatic carbocycles. The number of aliphatic hydroxyl groups is 1. The third-order valence-electron chi connectivity index (χ3n) is 3.01. The molecular weight excluding hydrogens is 218 g/mol.